The van der Waals surface area contributed by atoms with Gasteiger partial charge in [0.25, 0.3) is 0 Å². The van der Waals surface area contributed by atoms with Gasteiger partial charge in [-0.05, 0) is 19.1 Å². The van der Waals surface area contributed by atoms with Crippen molar-refractivity contribution >= 4 is 11.7 Å². The number of nitrogens with zero attached hydrogens (tertiary/aromatic N) is 2. The normalized spacial score (nSPS) is 11.9. The van der Waals surface area contributed by atoms with Gasteiger partial charge in [0.2, 0.25) is 0 Å². The van der Waals surface area contributed by atoms with Crippen LogP contribution in [0.15, 0.2) is 42.7 Å². The zero-order chi connectivity index (χ0) is 13.0. The van der Waals surface area contributed by atoms with Crippen LogP contribution < -0.4 is 5.32 Å². The summed E-state index contributed by atoms with van der Waals surface area (Å²) in [5, 5.41) is 7.25. The van der Waals surface area contributed by atoms with Gasteiger partial charge in [-0.3, -0.25) is 0 Å². The van der Waals surface area contributed by atoms with E-state index in [0.29, 0.717) is 0 Å². The van der Waals surface area contributed by atoms with Crippen molar-refractivity contribution in [1.29, 1.82) is 0 Å². The second-order valence-corrected chi connectivity index (χ2v) is 3.90. The number of methoxy groups -OCH3 is 1. The molecule has 0 aliphatic heterocycles. The second-order valence-electron chi connectivity index (χ2n) is 3.90. The molecule has 5 nitrogen and oxygen atoms in total. The predicted octanol–water partition coefficient (Wildman–Crippen LogP) is 1.85. The molecule has 1 unspecified atom stereocenters. The smallest absolute Gasteiger partial charge is 0.327 e. The summed E-state index contributed by atoms with van der Waals surface area (Å²) >= 11 is 0. The van der Waals surface area contributed by atoms with Gasteiger partial charge in [-0.1, -0.05) is 18.2 Å². The summed E-state index contributed by atoms with van der Waals surface area (Å²) in [4.78, 5) is 11.3. The van der Waals surface area contributed by atoms with E-state index in [1.54, 1.807) is 17.8 Å². The van der Waals surface area contributed by atoms with E-state index in [2.05, 4.69) is 15.2 Å². The van der Waals surface area contributed by atoms with Crippen LogP contribution in [0.3, 0.4) is 0 Å². The molecule has 1 aromatic heterocycles. The van der Waals surface area contributed by atoms with E-state index in [4.69, 9.17) is 0 Å². The van der Waals surface area contributed by atoms with Crippen LogP contribution in [0.1, 0.15) is 6.92 Å². The van der Waals surface area contributed by atoms with Crippen LogP contribution in [0.25, 0.3) is 5.69 Å². The Bertz CT molecular complexity index is 522. The number of hydrogen-bond donors (Lipinski definition) is 1. The number of para-hydroxylation sites is 1. The van der Waals surface area contributed by atoms with Crippen molar-refractivity contribution in [2.24, 2.45) is 0 Å². The first-order chi connectivity index (χ1) is 8.70. The number of ether oxygens (including phenoxy) is 1. The van der Waals surface area contributed by atoms with Crippen LogP contribution >= 0.6 is 0 Å². The molecule has 0 saturated carbocycles. The highest BCUT2D eigenvalue weighted by molar-refractivity contribution is 5.78. The quantitative estimate of drug-likeness (QED) is 0.835. The third-order valence-corrected chi connectivity index (χ3v) is 2.54. The molecule has 0 bridgehead atoms. The third kappa shape index (κ3) is 2.68. The monoisotopic (exact) mass is 245 g/mol. The first-order valence-corrected chi connectivity index (χ1v) is 5.65. The molecule has 18 heavy (non-hydrogen) atoms. The van der Waals surface area contributed by atoms with Gasteiger partial charge >= 0.3 is 5.97 Å². The molecule has 2 aromatic rings. The van der Waals surface area contributed by atoms with Gasteiger partial charge < -0.3 is 10.1 Å². The third-order valence-electron chi connectivity index (χ3n) is 2.54. The number of esters is 1. The summed E-state index contributed by atoms with van der Waals surface area (Å²) in [5.41, 5.74) is 1.74. The largest absolute Gasteiger partial charge is 0.467 e. The van der Waals surface area contributed by atoms with Crippen molar-refractivity contribution in [1.82, 2.24) is 9.78 Å². The fourth-order valence-electron chi connectivity index (χ4n) is 1.60. The number of aromatic nitrogens is 2. The molecule has 94 valence electrons. The van der Waals surface area contributed by atoms with Gasteiger partial charge in [0, 0.05) is 0 Å². The van der Waals surface area contributed by atoms with Crippen LogP contribution in [0.4, 0.5) is 5.69 Å². The summed E-state index contributed by atoms with van der Waals surface area (Å²) in [6, 6.07) is 9.36. The minimum atomic E-state index is -0.400. The SMILES string of the molecule is COC(=O)C(C)Nc1cnn(-c2ccccc2)c1. The molecule has 2 rings (SSSR count). The second kappa shape index (κ2) is 5.35. The lowest BCUT2D eigenvalue weighted by Gasteiger charge is -2.10. The van der Waals surface area contributed by atoms with E-state index in [1.807, 2.05) is 36.5 Å². The number of carbonyl (C=O) groups is 1. The lowest BCUT2D eigenvalue weighted by molar-refractivity contribution is -0.141. The molecule has 1 atom stereocenters. The predicted molar refractivity (Wildman–Crippen MR) is 68.7 cm³/mol. The van der Waals surface area contributed by atoms with Crippen molar-refractivity contribution in [3.63, 3.8) is 0 Å². The molecule has 5 heteroatoms. The number of hydrogen-bond acceptors (Lipinski definition) is 4. The van der Waals surface area contributed by atoms with Crippen LogP contribution in [-0.2, 0) is 9.53 Å². The molecular weight excluding hydrogens is 230 g/mol. The zero-order valence-corrected chi connectivity index (χ0v) is 10.3. The van der Waals surface area contributed by atoms with E-state index in [-0.39, 0.29) is 5.97 Å². The molecule has 0 radical (unpaired) electrons. The summed E-state index contributed by atoms with van der Waals surface area (Å²) in [5.74, 6) is -0.303. The Morgan fingerprint density at radius 2 is 2.11 bits per heavy atom. The molecule has 0 fully saturated rings. The standard InChI is InChI=1S/C13H15N3O2/c1-10(13(17)18-2)15-11-8-14-16(9-11)12-6-4-3-5-7-12/h3-10,15H,1-2H3. The summed E-state index contributed by atoms with van der Waals surface area (Å²) in [6.07, 6.45) is 3.50. The Balaban J connectivity index is 2.09. The fourth-order valence-corrected chi connectivity index (χ4v) is 1.60. The lowest BCUT2D eigenvalue weighted by Crippen LogP contribution is -2.26. The molecule has 0 saturated heterocycles. The van der Waals surface area contributed by atoms with Gasteiger partial charge in [-0.15, -0.1) is 0 Å². The lowest BCUT2D eigenvalue weighted by atomic mass is 10.3. The summed E-state index contributed by atoms with van der Waals surface area (Å²) in [7, 11) is 1.37. The zero-order valence-electron chi connectivity index (χ0n) is 10.3. The Morgan fingerprint density at radius 3 is 2.78 bits per heavy atom. The molecule has 1 heterocycles. The van der Waals surface area contributed by atoms with Crippen LogP contribution in [-0.4, -0.2) is 28.9 Å². The number of anilines is 1. The van der Waals surface area contributed by atoms with Crippen molar-refractivity contribution in [3.8, 4) is 5.69 Å². The Kier molecular flexibility index (Phi) is 3.62. The van der Waals surface area contributed by atoms with Gasteiger partial charge in [-0.25, -0.2) is 9.48 Å². The number of rotatable bonds is 4. The molecule has 1 N–H and O–H groups in total. The number of carbonyl (C=O) groups excluding carboxylic acids is 1. The average molecular weight is 245 g/mol. The fraction of sp³-hybridized carbons (Fsp3) is 0.231. The molecule has 0 amide bonds. The first-order valence-electron chi connectivity index (χ1n) is 5.65. The van der Waals surface area contributed by atoms with Crippen molar-refractivity contribution in [3.05, 3.63) is 42.7 Å². The molecule has 1 aromatic carbocycles. The Hall–Kier alpha value is -2.30. The highest BCUT2D eigenvalue weighted by Crippen LogP contribution is 2.12. The van der Waals surface area contributed by atoms with Crippen molar-refractivity contribution in [2.45, 2.75) is 13.0 Å². The van der Waals surface area contributed by atoms with Gasteiger partial charge in [0.05, 0.1) is 30.9 Å². The van der Waals surface area contributed by atoms with Gasteiger partial charge in [0.1, 0.15) is 6.04 Å². The minimum Gasteiger partial charge on any atom is -0.467 e. The Labute approximate surface area is 105 Å². The Morgan fingerprint density at radius 1 is 1.39 bits per heavy atom. The van der Waals surface area contributed by atoms with Crippen LogP contribution in [0.2, 0.25) is 0 Å². The van der Waals surface area contributed by atoms with E-state index < -0.39 is 6.04 Å². The first kappa shape index (κ1) is 12.2. The van der Waals surface area contributed by atoms with E-state index in [9.17, 15) is 4.79 Å². The topological polar surface area (TPSA) is 56.1 Å². The van der Waals surface area contributed by atoms with Gasteiger partial charge in [0.15, 0.2) is 0 Å². The summed E-state index contributed by atoms with van der Waals surface area (Å²) in [6.45, 7) is 1.74. The van der Waals surface area contributed by atoms with Crippen LogP contribution in [0, 0.1) is 0 Å². The molecular formula is C13H15N3O2. The average Bonchev–Trinajstić information content (AvgIpc) is 2.87. The van der Waals surface area contributed by atoms with E-state index in [1.165, 1.54) is 7.11 Å². The van der Waals surface area contributed by atoms with E-state index >= 15 is 0 Å². The van der Waals surface area contributed by atoms with Crippen LogP contribution in [0.5, 0.6) is 0 Å². The van der Waals surface area contributed by atoms with Crippen molar-refractivity contribution in [2.75, 3.05) is 12.4 Å². The highest BCUT2D eigenvalue weighted by Gasteiger charge is 2.13. The number of nitrogens with one attached hydrogen (secondary N) is 1. The van der Waals surface area contributed by atoms with Gasteiger partial charge in [-0.2, -0.15) is 5.10 Å². The molecule has 0 aliphatic carbocycles. The highest BCUT2D eigenvalue weighted by atomic mass is 16.5. The maximum atomic E-state index is 11.3. The number of benzene rings is 1. The van der Waals surface area contributed by atoms with Crippen molar-refractivity contribution < 1.29 is 9.53 Å². The molecule has 0 spiro atoms. The molecule has 0 aliphatic rings. The van der Waals surface area contributed by atoms with E-state index in [0.717, 1.165) is 11.4 Å². The maximum Gasteiger partial charge on any atom is 0.327 e. The minimum absolute atomic E-state index is 0.303. The summed E-state index contributed by atoms with van der Waals surface area (Å²) < 4.78 is 6.39. The maximum absolute atomic E-state index is 11.3.